The van der Waals surface area contributed by atoms with Gasteiger partial charge in [-0.25, -0.2) is 0 Å². The SMILES string of the molecule is Cc1ccc(CCNC(C)(C)C)o1. The van der Waals surface area contributed by atoms with Gasteiger partial charge in [-0.15, -0.1) is 0 Å². The van der Waals surface area contributed by atoms with Gasteiger partial charge >= 0.3 is 0 Å². The molecular weight excluding hydrogens is 162 g/mol. The van der Waals surface area contributed by atoms with Gasteiger partial charge in [-0.1, -0.05) is 0 Å². The molecule has 0 fully saturated rings. The van der Waals surface area contributed by atoms with Crippen molar-refractivity contribution in [2.24, 2.45) is 0 Å². The van der Waals surface area contributed by atoms with Crippen LogP contribution in [0.4, 0.5) is 0 Å². The number of aryl methyl sites for hydroxylation is 1. The highest BCUT2D eigenvalue weighted by Crippen LogP contribution is 2.07. The Labute approximate surface area is 80.3 Å². The molecule has 13 heavy (non-hydrogen) atoms. The molecule has 1 aromatic rings. The molecule has 0 radical (unpaired) electrons. The Hall–Kier alpha value is -0.760. The van der Waals surface area contributed by atoms with Crippen LogP contribution in [0.3, 0.4) is 0 Å². The van der Waals surface area contributed by atoms with Crippen molar-refractivity contribution in [1.29, 1.82) is 0 Å². The lowest BCUT2D eigenvalue weighted by Gasteiger charge is -2.19. The Balaban J connectivity index is 2.28. The van der Waals surface area contributed by atoms with Crippen molar-refractivity contribution >= 4 is 0 Å². The third kappa shape index (κ3) is 4.13. The van der Waals surface area contributed by atoms with Gasteiger partial charge in [0.25, 0.3) is 0 Å². The van der Waals surface area contributed by atoms with Crippen molar-refractivity contribution in [1.82, 2.24) is 5.32 Å². The first kappa shape index (κ1) is 10.3. The molecule has 0 unspecified atom stereocenters. The van der Waals surface area contributed by atoms with Crippen molar-refractivity contribution in [3.05, 3.63) is 23.7 Å². The molecule has 1 N–H and O–H groups in total. The van der Waals surface area contributed by atoms with Gasteiger partial charge in [0.15, 0.2) is 0 Å². The van der Waals surface area contributed by atoms with Gasteiger partial charge in [-0.05, 0) is 39.8 Å². The summed E-state index contributed by atoms with van der Waals surface area (Å²) in [6.45, 7) is 9.44. The minimum atomic E-state index is 0.196. The van der Waals surface area contributed by atoms with Gasteiger partial charge in [0.1, 0.15) is 11.5 Å². The quantitative estimate of drug-likeness (QED) is 0.775. The third-order valence-corrected chi connectivity index (χ3v) is 1.82. The highest BCUT2D eigenvalue weighted by Gasteiger charge is 2.08. The minimum absolute atomic E-state index is 0.196. The van der Waals surface area contributed by atoms with Crippen LogP contribution < -0.4 is 5.32 Å². The van der Waals surface area contributed by atoms with Gasteiger partial charge in [0, 0.05) is 18.5 Å². The first-order valence-electron chi connectivity index (χ1n) is 4.78. The van der Waals surface area contributed by atoms with E-state index in [2.05, 4.69) is 26.1 Å². The van der Waals surface area contributed by atoms with Crippen molar-refractivity contribution in [3.8, 4) is 0 Å². The first-order chi connectivity index (χ1) is 5.97. The smallest absolute Gasteiger partial charge is 0.105 e. The summed E-state index contributed by atoms with van der Waals surface area (Å²) in [5, 5.41) is 3.42. The summed E-state index contributed by atoms with van der Waals surface area (Å²) in [6.07, 6.45) is 0.963. The molecule has 0 aliphatic heterocycles. The first-order valence-corrected chi connectivity index (χ1v) is 4.78. The van der Waals surface area contributed by atoms with Crippen LogP contribution in [0.2, 0.25) is 0 Å². The summed E-state index contributed by atoms with van der Waals surface area (Å²) in [5.74, 6) is 2.06. The molecule has 0 bridgehead atoms. The van der Waals surface area contributed by atoms with E-state index < -0.39 is 0 Å². The molecule has 1 rings (SSSR count). The summed E-state index contributed by atoms with van der Waals surface area (Å²) < 4.78 is 5.46. The maximum atomic E-state index is 5.46. The molecule has 1 heterocycles. The Morgan fingerprint density at radius 3 is 2.46 bits per heavy atom. The van der Waals surface area contributed by atoms with Crippen LogP contribution >= 0.6 is 0 Å². The summed E-state index contributed by atoms with van der Waals surface area (Å²) in [6, 6.07) is 4.05. The topological polar surface area (TPSA) is 25.2 Å². The Morgan fingerprint density at radius 1 is 1.31 bits per heavy atom. The zero-order chi connectivity index (χ0) is 9.90. The highest BCUT2D eigenvalue weighted by molar-refractivity contribution is 5.05. The number of hydrogen-bond donors (Lipinski definition) is 1. The van der Waals surface area contributed by atoms with Crippen molar-refractivity contribution in [2.75, 3.05) is 6.54 Å². The van der Waals surface area contributed by atoms with Crippen LogP contribution in [0.25, 0.3) is 0 Å². The lowest BCUT2D eigenvalue weighted by atomic mass is 10.1. The summed E-state index contributed by atoms with van der Waals surface area (Å²) in [4.78, 5) is 0. The lowest BCUT2D eigenvalue weighted by Crippen LogP contribution is -2.37. The standard InChI is InChI=1S/C11H19NO/c1-9-5-6-10(13-9)7-8-12-11(2,3)4/h5-6,12H,7-8H2,1-4H3. The second kappa shape index (κ2) is 3.97. The number of nitrogens with one attached hydrogen (secondary N) is 1. The normalized spacial score (nSPS) is 12.0. The summed E-state index contributed by atoms with van der Waals surface area (Å²) in [7, 11) is 0. The van der Waals surface area contributed by atoms with Crippen LogP contribution in [-0.2, 0) is 6.42 Å². The summed E-state index contributed by atoms with van der Waals surface area (Å²) in [5.41, 5.74) is 0.196. The summed E-state index contributed by atoms with van der Waals surface area (Å²) >= 11 is 0. The molecule has 0 aliphatic carbocycles. The van der Waals surface area contributed by atoms with E-state index in [9.17, 15) is 0 Å². The van der Waals surface area contributed by atoms with Crippen LogP contribution in [0.1, 0.15) is 32.3 Å². The van der Waals surface area contributed by atoms with Gasteiger partial charge in [-0.3, -0.25) is 0 Å². The van der Waals surface area contributed by atoms with Crippen molar-refractivity contribution < 1.29 is 4.42 Å². The van der Waals surface area contributed by atoms with Gasteiger partial charge < -0.3 is 9.73 Å². The maximum absolute atomic E-state index is 5.46. The highest BCUT2D eigenvalue weighted by atomic mass is 16.3. The van der Waals surface area contributed by atoms with E-state index in [0.29, 0.717) is 0 Å². The van der Waals surface area contributed by atoms with Crippen LogP contribution in [0.15, 0.2) is 16.5 Å². The molecule has 2 nitrogen and oxygen atoms in total. The van der Waals surface area contributed by atoms with Gasteiger partial charge in [0.2, 0.25) is 0 Å². The van der Waals surface area contributed by atoms with E-state index in [0.717, 1.165) is 24.5 Å². The molecule has 0 spiro atoms. The number of rotatable bonds is 3. The molecule has 0 aliphatic rings. The van der Waals surface area contributed by atoms with E-state index in [4.69, 9.17) is 4.42 Å². The molecule has 2 heteroatoms. The second-order valence-electron chi connectivity index (χ2n) is 4.44. The fraction of sp³-hybridized carbons (Fsp3) is 0.636. The number of furan rings is 1. The Bertz CT molecular complexity index is 257. The second-order valence-corrected chi connectivity index (χ2v) is 4.44. The van der Waals surface area contributed by atoms with E-state index in [1.165, 1.54) is 0 Å². The van der Waals surface area contributed by atoms with Crippen LogP contribution in [-0.4, -0.2) is 12.1 Å². The molecule has 0 amide bonds. The monoisotopic (exact) mass is 181 g/mol. The fourth-order valence-electron chi connectivity index (χ4n) is 1.18. The fourth-order valence-corrected chi connectivity index (χ4v) is 1.18. The van der Waals surface area contributed by atoms with Crippen LogP contribution in [0.5, 0.6) is 0 Å². The van der Waals surface area contributed by atoms with E-state index in [1.54, 1.807) is 0 Å². The largest absolute Gasteiger partial charge is 0.466 e. The van der Waals surface area contributed by atoms with Crippen molar-refractivity contribution in [3.63, 3.8) is 0 Å². The van der Waals surface area contributed by atoms with E-state index in [-0.39, 0.29) is 5.54 Å². The predicted molar refractivity (Wildman–Crippen MR) is 54.9 cm³/mol. The minimum Gasteiger partial charge on any atom is -0.466 e. The molecular formula is C11H19NO. The third-order valence-electron chi connectivity index (χ3n) is 1.82. The molecule has 0 atom stereocenters. The average Bonchev–Trinajstić information content (AvgIpc) is 2.33. The maximum Gasteiger partial charge on any atom is 0.105 e. The van der Waals surface area contributed by atoms with Gasteiger partial charge in [0.05, 0.1) is 0 Å². The van der Waals surface area contributed by atoms with Crippen LogP contribution in [0, 0.1) is 6.92 Å². The molecule has 1 aromatic heterocycles. The molecule has 0 aromatic carbocycles. The van der Waals surface area contributed by atoms with Crippen molar-refractivity contribution in [2.45, 2.75) is 39.7 Å². The van der Waals surface area contributed by atoms with E-state index >= 15 is 0 Å². The molecule has 0 saturated carbocycles. The average molecular weight is 181 g/mol. The molecule has 74 valence electrons. The molecule has 0 saturated heterocycles. The predicted octanol–water partition coefficient (Wildman–Crippen LogP) is 2.52. The Kier molecular flexibility index (Phi) is 3.15. The zero-order valence-electron chi connectivity index (χ0n) is 8.98. The van der Waals surface area contributed by atoms with E-state index in [1.807, 2.05) is 19.1 Å². The number of hydrogen-bond acceptors (Lipinski definition) is 2. The lowest BCUT2D eigenvalue weighted by molar-refractivity contribution is 0.410. The zero-order valence-corrected chi connectivity index (χ0v) is 8.98. The van der Waals surface area contributed by atoms with Gasteiger partial charge in [-0.2, -0.15) is 0 Å². The Morgan fingerprint density at radius 2 is 2.00 bits per heavy atom.